The molecule has 0 aromatic rings. The van der Waals surface area contributed by atoms with Crippen LogP contribution in [0.4, 0.5) is 0 Å². The van der Waals surface area contributed by atoms with Crippen molar-refractivity contribution in [2.75, 3.05) is 19.6 Å². The van der Waals surface area contributed by atoms with Gasteiger partial charge in [0.05, 0.1) is 0 Å². The first-order chi connectivity index (χ1) is 7.62. The third-order valence-corrected chi connectivity index (χ3v) is 4.31. The van der Waals surface area contributed by atoms with Crippen molar-refractivity contribution in [3.8, 4) is 0 Å². The molecule has 1 aliphatic carbocycles. The topological polar surface area (TPSA) is 21.3 Å². The molecule has 0 bridgehead atoms. The van der Waals surface area contributed by atoms with Crippen molar-refractivity contribution in [1.82, 2.24) is 5.32 Å². The quantitative estimate of drug-likeness (QED) is 0.728. The van der Waals surface area contributed by atoms with E-state index in [0.717, 1.165) is 24.8 Å². The summed E-state index contributed by atoms with van der Waals surface area (Å²) in [6, 6.07) is 0.493. The molecule has 16 heavy (non-hydrogen) atoms. The van der Waals surface area contributed by atoms with Crippen molar-refractivity contribution in [2.24, 2.45) is 5.92 Å². The predicted molar refractivity (Wildman–Crippen MR) is 70.2 cm³/mol. The van der Waals surface area contributed by atoms with E-state index in [1.165, 1.54) is 25.7 Å². The SMILES string of the molecule is COCCC(C)NC1(CCl)CCC(C)CC1. The lowest BCUT2D eigenvalue weighted by Crippen LogP contribution is -2.53. The Labute approximate surface area is 105 Å². The lowest BCUT2D eigenvalue weighted by Gasteiger charge is -2.41. The molecule has 1 aliphatic rings. The zero-order valence-corrected chi connectivity index (χ0v) is 11.6. The molecule has 0 aliphatic heterocycles. The van der Waals surface area contributed by atoms with Crippen molar-refractivity contribution >= 4 is 11.6 Å². The van der Waals surface area contributed by atoms with E-state index >= 15 is 0 Å². The third kappa shape index (κ3) is 4.23. The molecule has 1 N–H and O–H groups in total. The van der Waals surface area contributed by atoms with Gasteiger partial charge in [0, 0.05) is 31.2 Å². The number of nitrogens with one attached hydrogen (secondary N) is 1. The lowest BCUT2D eigenvalue weighted by molar-refractivity contribution is 0.159. The van der Waals surface area contributed by atoms with Crippen molar-refractivity contribution in [3.63, 3.8) is 0 Å². The normalized spacial score (nSPS) is 32.6. The largest absolute Gasteiger partial charge is 0.385 e. The van der Waals surface area contributed by atoms with E-state index in [1.807, 2.05) is 0 Å². The van der Waals surface area contributed by atoms with Crippen LogP contribution < -0.4 is 5.32 Å². The molecule has 0 aromatic heterocycles. The van der Waals surface area contributed by atoms with Crippen molar-refractivity contribution in [3.05, 3.63) is 0 Å². The number of rotatable bonds is 6. The summed E-state index contributed by atoms with van der Waals surface area (Å²) in [5, 5.41) is 3.73. The number of methoxy groups -OCH3 is 1. The summed E-state index contributed by atoms with van der Waals surface area (Å²) in [7, 11) is 1.76. The molecule has 1 saturated carbocycles. The monoisotopic (exact) mass is 247 g/mol. The van der Waals surface area contributed by atoms with Gasteiger partial charge in [-0.05, 0) is 44.9 Å². The Kier molecular flexibility index (Phi) is 6.09. The second-order valence-corrected chi connectivity index (χ2v) is 5.69. The van der Waals surface area contributed by atoms with Crippen molar-refractivity contribution in [1.29, 1.82) is 0 Å². The highest BCUT2D eigenvalue weighted by molar-refractivity contribution is 6.18. The molecule has 1 unspecified atom stereocenters. The van der Waals surface area contributed by atoms with Gasteiger partial charge in [-0.1, -0.05) is 6.92 Å². The summed E-state index contributed by atoms with van der Waals surface area (Å²) >= 11 is 6.17. The Morgan fingerprint density at radius 3 is 2.56 bits per heavy atom. The van der Waals surface area contributed by atoms with Gasteiger partial charge in [0.25, 0.3) is 0 Å². The average Bonchev–Trinajstić information content (AvgIpc) is 2.30. The van der Waals surface area contributed by atoms with Crippen LogP contribution in [0.25, 0.3) is 0 Å². The number of hydrogen-bond acceptors (Lipinski definition) is 2. The predicted octanol–water partition coefficient (Wildman–Crippen LogP) is 3.19. The molecule has 0 spiro atoms. The maximum absolute atomic E-state index is 6.17. The first kappa shape index (κ1) is 14.3. The van der Waals surface area contributed by atoms with E-state index in [1.54, 1.807) is 7.11 Å². The molecule has 1 fully saturated rings. The van der Waals surface area contributed by atoms with E-state index in [9.17, 15) is 0 Å². The Morgan fingerprint density at radius 1 is 1.44 bits per heavy atom. The molecule has 0 aromatic carbocycles. The van der Waals surface area contributed by atoms with E-state index < -0.39 is 0 Å². The van der Waals surface area contributed by atoms with E-state index in [-0.39, 0.29) is 5.54 Å². The lowest BCUT2D eigenvalue weighted by atomic mass is 9.78. The second-order valence-electron chi connectivity index (χ2n) is 5.42. The zero-order valence-electron chi connectivity index (χ0n) is 10.9. The van der Waals surface area contributed by atoms with Crippen LogP contribution in [0.5, 0.6) is 0 Å². The number of hydrogen-bond donors (Lipinski definition) is 1. The highest BCUT2D eigenvalue weighted by Gasteiger charge is 2.33. The minimum Gasteiger partial charge on any atom is -0.385 e. The van der Waals surface area contributed by atoms with Gasteiger partial charge in [0.2, 0.25) is 0 Å². The molecular formula is C13H26ClNO. The van der Waals surface area contributed by atoms with Gasteiger partial charge in [0.1, 0.15) is 0 Å². The zero-order chi connectivity index (χ0) is 12.0. The maximum atomic E-state index is 6.17. The molecule has 3 heteroatoms. The van der Waals surface area contributed by atoms with E-state index in [4.69, 9.17) is 16.3 Å². The van der Waals surface area contributed by atoms with Crippen LogP contribution in [0.1, 0.15) is 46.0 Å². The van der Waals surface area contributed by atoms with Gasteiger partial charge in [0.15, 0.2) is 0 Å². The molecule has 1 atom stereocenters. The fourth-order valence-electron chi connectivity index (χ4n) is 2.52. The molecular weight excluding hydrogens is 222 g/mol. The molecule has 96 valence electrons. The van der Waals surface area contributed by atoms with Gasteiger partial charge in [-0.2, -0.15) is 0 Å². The summed E-state index contributed by atoms with van der Waals surface area (Å²) in [6.07, 6.45) is 6.10. The molecule has 0 saturated heterocycles. The van der Waals surface area contributed by atoms with Gasteiger partial charge < -0.3 is 10.1 Å². The molecule has 0 heterocycles. The summed E-state index contributed by atoms with van der Waals surface area (Å²) in [5.74, 6) is 1.60. The maximum Gasteiger partial charge on any atom is 0.0476 e. The van der Waals surface area contributed by atoms with E-state index in [2.05, 4.69) is 19.2 Å². The molecule has 0 radical (unpaired) electrons. The minimum atomic E-state index is 0.182. The van der Waals surface area contributed by atoms with Crippen LogP contribution in [-0.2, 0) is 4.74 Å². The summed E-state index contributed by atoms with van der Waals surface area (Å²) in [6.45, 7) is 5.39. The fourth-order valence-corrected chi connectivity index (χ4v) is 2.87. The number of ether oxygens (including phenoxy) is 1. The first-order valence-corrected chi connectivity index (χ1v) is 6.98. The molecule has 0 amide bonds. The van der Waals surface area contributed by atoms with Crippen LogP contribution in [0.3, 0.4) is 0 Å². The van der Waals surface area contributed by atoms with Crippen LogP contribution >= 0.6 is 11.6 Å². The van der Waals surface area contributed by atoms with Gasteiger partial charge in [-0.15, -0.1) is 11.6 Å². The van der Waals surface area contributed by atoms with Crippen molar-refractivity contribution < 1.29 is 4.74 Å². The standard InChI is InChI=1S/C13H26ClNO/c1-11-4-7-13(10-14,8-5-11)15-12(2)6-9-16-3/h11-12,15H,4-10H2,1-3H3. The number of alkyl halides is 1. The smallest absolute Gasteiger partial charge is 0.0476 e. The summed E-state index contributed by atoms with van der Waals surface area (Å²) < 4.78 is 5.11. The Bertz CT molecular complexity index is 190. The fraction of sp³-hybridized carbons (Fsp3) is 1.00. The molecule has 1 rings (SSSR count). The summed E-state index contributed by atoms with van der Waals surface area (Å²) in [5.41, 5.74) is 0.182. The Morgan fingerprint density at radius 2 is 2.06 bits per heavy atom. The first-order valence-electron chi connectivity index (χ1n) is 6.44. The van der Waals surface area contributed by atoms with E-state index in [0.29, 0.717) is 6.04 Å². The van der Waals surface area contributed by atoms with Crippen LogP contribution in [0, 0.1) is 5.92 Å². The van der Waals surface area contributed by atoms with Crippen molar-refractivity contribution in [2.45, 2.75) is 57.5 Å². The Hall–Kier alpha value is 0.210. The second kappa shape index (κ2) is 6.83. The third-order valence-electron chi connectivity index (χ3n) is 3.79. The van der Waals surface area contributed by atoms with Crippen LogP contribution in [0.15, 0.2) is 0 Å². The van der Waals surface area contributed by atoms with Gasteiger partial charge >= 0.3 is 0 Å². The minimum absolute atomic E-state index is 0.182. The van der Waals surface area contributed by atoms with Gasteiger partial charge in [-0.3, -0.25) is 0 Å². The average molecular weight is 248 g/mol. The highest BCUT2D eigenvalue weighted by Crippen LogP contribution is 2.33. The molecule has 2 nitrogen and oxygen atoms in total. The summed E-state index contributed by atoms with van der Waals surface area (Å²) in [4.78, 5) is 0. The van der Waals surface area contributed by atoms with Crippen LogP contribution in [-0.4, -0.2) is 31.2 Å². The van der Waals surface area contributed by atoms with Gasteiger partial charge in [-0.25, -0.2) is 0 Å². The highest BCUT2D eigenvalue weighted by atomic mass is 35.5. The Balaban J connectivity index is 2.40. The number of halogens is 1. The van der Waals surface area contributed by atoms with Crippen LogP contribution in [0.2, 0.25) is 0 Å².